The smallest absolute Gasteiger partial charge is 0.228 e. The van der Waals surface area contributed by atoms with Crippen molar-refractivity contribution >= 4 is 5.91 Å². The van der Waals surface area contributed by atoms with Gasteiger partial charge in [0.15, 0.2) is 0 Å². The molecule has 0 unspecified atom stereocenters. The molecule has 0 aliphatic carbocycles. The van der Waals surface area contributed by atoms with Gasteiger partial charge in [0.25, 0.3) is 0 Å². The number of nitrogens with one attached hydrogen (secondary N) is 1. The van der Waals surface area contributed by atoms with Crippen LogP contribution in [0.4, 0.5) is 4.39 Å². The van der Waals surface area contributed by atoms with Crippen LogP contribution < -0.4 is 5.32 Å². The lowest BCUT2D eigenvalue weighted by molar-refractivity contribution is -0.122. The Labute approximate surface area is 111 Å². The van der Waals surface area contributed by atoms with Gasteiger partial charge in [-0.15, -0.1) is 0 Å². The average molecular weight is 261 g/mol. The van der Waals surface area contributed by atoms with E-state index in [0.717, 1.165) is 0 Å². The molecule has 1 amide bonds. The molecular formula is C15H16FNO2. The van der Waals surface area contributed by atoms with Gasteiger partial charge in [0.1, 0.15) is 11.6 Å². The van der Waals surface area contributed by atoms with Gasteiger partial charge in [-0.05, 0) is 32.0 Å². The van der Waals surface area contributed by atoms with Crippen LogP contribution in [0.1, 0.15) is 25.2 Å². The van der Waals surface area contributed by atoms with Gasteiger partial charge in [0.05, 0.1) is 18.2 Å². The molecule has 0 atom stereocenters. The van der Waals surface area contributed by atoms with Crippen molar-refractivity contribution in [3.8, 4) is 0 Å². The van der Waals surface area contributed by atoms with Crippen LogP contribution in [-0.4, -0.2) is 5.91 Å². The maximum absolute atomic E-state index is 13.7. The molecule has 0 saturated heterocycles. The second-order valence-electron chi connectivity index (χ2n) is 4.91. The Bertz CT molecular complexity index is 561. The van der Waals surface area contributed by atoms with Gasteiger partial charge >= 0.3 is 0 Å². The third kappa shape index (κ3) is 3.22. The zero-order valence-electron chi connectivity index (χ0n) is 10.9. The highest BCUT2D eigenvalue weighted by Gasteiger charge is 2.25. The van der Waals surface area contributed by atoms with E-state index in [1.165, 1.54) is 12.3 Å². The summed E-state index contributed by atoms with van der Waals surface area (Å²) in [6.45, 7) is 3.54. The van der Waals surface area contributed by atoms with Crippen molar-refractivity contribution in [3.05, 3.63) is 59.8 Å². The number of carbonyl (C=O) groups excluding carboxylic acids is 1. The third-order valence-corrected chi connectivity index (χ3v) is 2.91. The molecule has 0 aliphatic rings. The van der Waals surface area contributed by atoms with Crippen molar-refractivity contribution in [2.45, 2.75) is 25.8 Å². The average Bonchev–Trinajstić information content (AvgIpc) is 2.81. The normalized spacial score (nSPS) is 11.3. The molecule has 1 aromatic heterocycles. The van der Waals surface area contributed by atoms with E-state index < -0.39 is 5.54 Å². The number of carbonyl (C=O) groups is 1. The van der Waals surface area contributed by atoms with Gasteiger partial charge in [-0.1, -0.05) is 18.2 Å². The van der Waals surface area contributed by atoms with Crippen LogP contribution in [0.2, 0.25) is 0 Å². The maximum Gasteiger partial charge on any atom is 0.228 e. The summed E-state index contributed by atoms with van der Waals surface area (Å²) in [5.41, 5.74) is -0.308. The van der Waals surface area contributed by atoms with Gasteiger partial charge < -0.3 is 9.73 Å². The number of furan rings is 1. The molecule has 1 N–H and O–H groups in total. The van der Waals surface area contributed by atoms with E-state index in [0.29, 0.717) is 11.3 Å². The minimum Gasteiger partial charge on any atom is -0.469 e. The Balaban J connectivity index is 2.09. The van der Waals surface area contributed by atoms with Crippen LogP contribution in [0, 0.1) is 5.82 Å². The highest BCUT2D eigenvalue weighted by Crippen LogP contribution is 2.22. The number of halogens is 1. The van der Waals surface area contributed by atoms with E-state index >= 15 is 0 Å². The molecule has 100 valence electrons. The number of hydrogen-bond acceptors (Lipinski definition) is 2. The predicted molar refractivity (Wildman–Crippen MR) is 70.0 cm³/mol. The lowest BCUT2D eigenvalue weighted by atomic mass is 9.93. The van der Waals surface area contributed by atoms with Crippen LogP contribution in [0.15, 0.2) is 47.1 Å². The van der Waals surface area contributed by atoms with E-state index in [1.807, 2.05) is 0 Å². The van der Waals surface area contributed by atoms with Crippen molar-refractivity contribution in [3.63, 3.8) is 0 Å². The molecule has 0 saturated carbocycles. The quantitative estimate of drug-likeness (QED) is 0.919. The first kappa shape index (κ1) is 13.3. The van der Waals surface area contributed by atoms with Gasteiger partial charge in [0, 0.05) is 5.56 Å². The molecule has 0 fully saturated rings. The van der Waals surface area contributed by atoms with E-state index in [2.05, 4.69) is 5.32 Å². The third-order valence-electron chi connectivity index (χ3n) is 2.91. The minimum atomic E-state index is -0.769. The van der Waals surface area contributed by atoms with Crippen LogP contribution in [0.25, 0.3) is 0 Å². The first-order valence-corrected chi connectivity index (χ1v) is 6.07. The topological polar surface area (TPSA) is 42.2 Å². The molecule has 1 aromatic carbocycles. The van der Waals surface area contributed by atoms with Crippen LogP contribution in [-0.2, 0) is 16.8 Å². The van der Waals surface area contributed by atoms with Gasteiger partial charge in [-0.3, -0.25) is 4.79 Å². The molecule has 1 heterocycles. The van der Waals surface area contributed by atoms with E-state index in [1.54, 1.807) is 44.2 Å². The molecule has 0 bridgehead atoms. The predicted octanol–water partition coefficient (Wildman–Crippen LogP) is 3.01. The summed E-state index contributed by atoms with van der Waals surface area (Å²) in [4.78, 5) is 11.9. The Morgan fingerprint density at radius 1 is 1.26 bits per heavy atom. The highest BCUT2D eigenvalue weighted by molar-refractivity contribution is 5.78. The van der Waals surface area contributed by atoms with Crippen molar-refractivity contribution in [1.29, 1.82) is 0 Å². The largest absolute Gasteiger partial charge is 0.469 e. The van der Waals surface area contributed by atoms with Crippen molar-refractivity contribution in [1.82, 2.24) is 5.32 Å². The first-order chi connectivity index (χ1) is 8.99. The van der Waals surface area contributed by atoms with E-state index in [9.17, 15) is 9.18 Å². The van der Waals surface area contributed by atoms with Crippen LogP contribution in [0.3, 0.4) is 0 Å². The minimum absolute atomic E-state index is 0.144. The lowest BCUT2D eigenvalue weighted by Crippen LogP contribution is -2.42. The standard InChI is InChI=1S/C15H16FNO2/c1-15(2,12-7-3-4-8-13(12)16)17-14(18)10-11-6-5-9-19-11/h3-9H,10H2,1-2H3,(H,17,18). The molecule has 19 heavy (non-hydrogen) atoms. The number of benzene rings is 1. The Morgan fingerprint density at radius 2 is 2.00 bits per heavy atom. The molecule has 4 heteroatoms. The fraction of sp³-hybridized carbons (Fsp3) is 0.267. The lowest BCUT2D eigenvalue weighted by Gasteiger charge is -2.27. The van der Waals surface area contributed by atoms with Gasteiger partial charge in [-0.25, -0.2) is 4.39 Å². The first-order valence-electron chi connectivity index (χ1n) is 6.07. The highest BCUT2D eigenvalue weighted by atomic mass is 19.1. The summed E-state index contributed by atoms with van der Waals surface area (Å²) < 4.78 is 18.9. The molecular weight excluding hydrogens is 245 g/mol. The van der Waals surface area contributed by atoms with Crippen LogP contribution >= 0.6 is 0 Å². The SMILES string of the molecule is CC(C)(NC(=O)Cc1ccco1)c1ccccc1F. The van der Waals surface area contributed by atoms with Gasteiger partial charge in [0.2, 0.25) is 5.91 Å². The number of rotatable bonds is 4. The zero-order valence-corrected chi connectivity index (χ0v) is 10.9. The Hall–Kier alpha value is -2.10. The molecule has 0 radical (unpaired) electrons. The monoisotopic (exact) mass is 261 g/mol. The second-order valence-corrected chi connectivity index (χ2v) is 4.91. The molecule has 0 spiro atoms. The van der Waals surface area contributed by atoms with Crippen molar-refractivity contribution in [2.24, 2.45) is 0 Å². The summed E-state index contributed by atoms with van der Waals surface area (Å²) in [6.07, 6.45) is 1.66. The summed E-state index contributed by atoms with van der Waals surface area (Å²) in [7, 11) is 0. The molecule has 2 aromatic rings. The fourth-order valence-corrected chi connectivity index (χ4v) is 2.00. The van der Waals surface area contributed by atoms with E-state index in [4.69, 9.17) is 4.42 Å². The summed E-state index contributed by atoms with van der Waals surface area (Å²) >= 11 is 0. The zero-order chi connectivity index (χ0) is 13.9. The maximum atomic E-state index is 13.7. The van der Waals surface area contributed by atoms with Gasteiger partial charge in [-0.2, -0.15) is 0 Å². The summed E-state index contributed by atoms with van der Waals surface area (Å²) in [5.74, 6) is 0.0517. The van der Waals surface area contributed by atoms with Crippen LogP contribution in [0.5, 0.6) is 0 Å². The van der Waals surface area contributed by atoms with E-state index in [-0.39, 0.29) is 18.1 Å². The Morgan fingerprint density at radius 3 is 2.63 bits per heavy atom. The Kier molecular flexibility index (Phi) is 3.69. The number of amides is 1. The summed E-state index contributed by atoms with van der Waals surface area (Å²) in [5, 5.41) is 2.81. The molecule has 2 rings (SSSR count). The second kappa shape index (κ2) is 5.26. The van der Waals surface area contributed by atoms with Crippen molar-refractivity contribution < 1.29 is 13.6 Å². The molecule has 3 nitrogen and oxygen atoms in total. The van der Waals surface area contributed by atoms with Crippen molar-refractivity contribution in [2.75, 3.05) is 0 Å². The number of hydrogen-bond donors (Lipinski definition) is 1. The fourth-order valence-electron chi connectivity index (χ4n) is 2.00. The molecule has 0 aliphatic heterocycles. The summed E-state index contributed by atoms with van der Waals surface area (Å²) in [6, 6.07) is 9.89.